The predicted molar refractivity (Wildman–Crippen MR) is 66.0 cm³/mol. The summed E-state index contributed by atoms with van der Waals surface area (Å²) in [4.78, 5) is 13.7. The minimum atomic E-state index is 0.0127. The maximum Gasteiger partial charge on any atom is 0.321 e. The lowest BCUT2D eigenvalue weighted by atomic mass is 10.0. The van der Waals surface area contributed by atoms with Gasteiger partial charge >= 0.3 is 6.03 Å². The molecular formula is C13H18N2O. The number of carbonyl (C=O) groups excluding carboxylic acids is 1. The van der Waals surface area contributed by atoms with Crippen molar-refractivity contribution in [3.05, 3.63) is 29.3 Å². The van der Waals surface area contributed by atoms with Gasteiger partial charge in [-0.1, -0.05) is 19.1 Å². The summed E-state index contributed by atoms with van der Waals surface area (Å²) in [6, 6.07) is 6.35. The molecule has 1 heterocycles. The summed E-state index contributed by atoms with van der Waals surface area (Å²) in [5, 5.41) is 2.86. The van der Waals surface area contributed by atoms with Crippen LogP contribution in [0.1, 0.15) is 30.9 Å². The van der Waals surface area contributed by atoms with Crippen molar-refractivity contribution >= 4 is 11.7 Å². The van der Waals surface area contributed by atoms with Crippen LogP contribution in [0.4, 0.5) is 10.5 Å². The summed E-state index contributed by atoms with van der Waals surface area (Å²) >= 11 is 0. The summed E-state index contributed by atoms with van der Waals surface area (Å²) in [7, 11) is 0. The monoisotopic (exact) mass is 218 g/mol. The van der Waals surface area contributed by atoms with Crippen LogP contribution < -0.4 is 10.2 Å². The molecule has 0 aliphatic carbocycles. The van der Waals surface area contributed by atoms with Crippen LogP contribution in [0.25, 0.3) is 0 Å². The fourth-order valence-corrected chi connectivity index (χ4v) is 2.21. The highest BCUT2D eigenvalue weighted by Gasteiger charge is 2.29. The van der Waals surface area contributed by atoms with E-state index in [-0.39, 0.29) is 6.03 Å². The maximum atomic E-state index is 11.9. The molecule has 1 atom stereocenters. The Kier molecular flexibility index (Phi) is 2.86. The first kappa shape index (κ1) is 11.0. The van der Waals surface area contributed by atoms with Crippen LogP contribution in [0.3, 0.4) is 0 Å². The maximum absolute atomic E-state index is 11.9. The Labute approximate surface area is 96.5 Å². The van der Waals surface area contributed by atoms with Crippen LogP contribution in [-0.2, 0) is 0 Å². The van der Waals surface area contributed by atoms with Gasteiger partial charge in [-0.2, -0.15) is 0 Å². The van der Waals surface area contributed by atoms with Crippen molar-refractivity contribution in [2.45, 2.75) is 26.7 Å². The van der Waals surface area contributed by atoms with Gasteiger partial charge in [-0.05, 0) is 31.0 Å². The third kappa shape index (κ3) is 1.77. The number of hydrogen-bond donors (Lipinski definition) is 1. The molecule has 3 nitrogen and oxygen atoms in total. The Hall–Kier alpha value is -1.51. The van der Waals surface area contributed by atoms with Crippen molar-refractivity contribution in [3.63, 3.8) is 0 Å². The van der Waals surface area contributed by atoms with E-state index in [1.54, 1.807) is 0 Å². The largest absolute Gasteiger partial charge is 0.338 e. The second-order valence-electron chi connectivity index (χ2n) is 4.41. The fraction of sp³-hybridized carbons (Fsp3) is 0.462. The molecule has 0 saturated heterocycles. The quantitative estimate of drug-likeness (QED) is 0.772. The van der Waals surface area contributed by atoms with E-state index in [9.17, 15) is 4.79 Å². The standard InChI is InChI=1S/C13H18N2O/c1-4-14-13(16)15-8-10(3)11-6-5-9(2)7-12(11)15/h5-7,10H,4,8H2,1-3H3,(H,14,16). The Morgan fingerprint density at radius 2 is 2.31 bits per heavy atom. The molecule has 1 aromatic carbocycles. The number of nitrogens with one attached hydrogen (secondary N) is 1. The Bertz CT molecular complexity index is 414. The van der Waals surface area contributed by atoms with E-state index < -0.39 is 0 Å². The summed E-state index contributed by atoms with van der Waals surface area (Å²) in [5.41, 5.74) is 3.54. The number of amides is 2. The van der Waals surface area contributed by atoms with E-state index in [4.69, 9.17) is 0 Å². The number of rotatable bonds is 1. The van der Waals surface area contributed by atoms with Gasteiger partial charge in [0.05, 0.1) is 0 Å². The summed E-state index contributed by atoms with van der Waals surface area (Å²) in [6.07, 6.45) is 0. The molecule has 0 radical (unpaired) electrons. The average molecular weight is 218 g/mol. The van der Waals surface area contributed by atoms with Crippen LogP contribution in [0, 0.1) is 6.92 Å². The Balaban J connectivity index is 2.34. The van der Waals surface area contributed by atoms with Crippen LogP contribution in [-0.4, -0.2) is 19.1 Å². The topological polar surface area (TPSA) is 32.3 Å². The molecule has 86 valence electrons. The normalized spacial score (nSPS) is 18.4. The second-order valence-corrected chi connectivity index (χ2v) is 4.41. The van der Waals surface area contributed by atoms with E-state index in [0.717, 1.165) is 12.2 Å². The molecule has 1 aromatic rings. The minimum Gasteiger partial charge on any atom is -0.338 e. The van der Waals surface area contributed by atoms with E-state index >= 15 is 0 Å². The molecule has 1 aliphatic heterocycles. The van der Waals surface area contributed by atoms with Crippen molar-refractivity contribution in [1.29, 1.82) is 0 Å². The van der Waals surface area contributed by atoms with Gasteiger partial charge in [0.2, 0.25) is 0 Å². The number of benzene rings is 1. The summed E-state index contributed by atoms with van der Waals surface area (Å²) in [6.45, 7) is 7.61. The third-order valence-corrected chi connectivity index (χ3v) is 3.04. The molecule has 0 fully saturated rings. The third-order valence-electron chi connectivity index (χ3n) is 3.04. The van der Waals surface area contributed by atoms with Crippen molar-refractivity contribution < 1.29 is 4.79 Å². The molecule has 2 amide bonds. The molecule has 1 unspecified atom stereocenters. The molecule has 0 bridgehead atoms. The highest BCUT2D eigenvalue weighted by molar-refractivity contribution is 5.94. The van der Waals surface area contributed by atoms with E-state index in [1.165, 1.54) is 11.1 Å². The lowest BCUT2D eigenvalue weighted by Crippen LogP contribution is -2.39. The van der Waals surface area contributed by atoms with Crippen LogP contribution in [0.15, 0.2) is 18.2 Å². The van der Waals surface area contributed by atoms with Crippen LogP contribution >= 0.6 is 0 Å². The summed E-state index contributed by atoms with van der Waals surface area (Å²) in [5.74, 6) is 0.429. The molecule has 0 aromatic heterocycles. The van der Waals surface area contributed by atoms with Gasteiger partial charge in [0, 0.05) is 24.7 Å². The lowest BCUT2D eigenvalue weighted by Gasteiger charge is -2.18. The van der Waals surface area contributed by atoms with Crippen LogP contribution in [0.2, 0.25) is 0 Å². The smallest absolute Gasteiger partial charge is 0.321 e. The number of carbonyl (C=O) groups is 1. The molecule has 0 spiro atoms. The SMILES string of the molecule is CCNC(=O)N1CC(C)c2ccc(C)cc21. The zero-order valence-corrected chi connectivity index (χ0v) is 10.1. The number of nitrogens with zero attached hydrogens (tertiary/aromatic N) is 1. The van der Waals surface area contributed by atoms with Crippen molar-refractivity contribution in [2.24, 2.45) is 0 Å². The first-order chi connectivity index (χ1) is 7.63. The molecule has 16 heavy (non-hydrogen) atoms. The van der Waals surface area contributed by atoms with E-state index in [0.29, 0.717) is 12.5 Å². The van der Waals surface area contributed by atoms with Crippen LogP contribution in [0.5, 0.6) is 0 Å². The van der Waals surface area contributed by atoms with Gasteiger partial charge in [-0.15, -0.1) is 0 Å². The zero-order valence-electron chi connectivity index (χ0n) is 10.1. The number of anilines is 1. The van der Waals surface area contributed by atoms with Gasteiger partial charge in [0.1, 0.15) is 0 Å². The average Bonchev–Trinajstić information content (AvgIpc) is 2.56. The van der Waals surface area contributed by atoms with Gasteiger partial charge in [-0.3, -0.25) is 4.90 Å². The molecule has 2 rings (SSSR count). The molecule has 0 saturated carbocycles. The highest BCUT2D eigenvalue weighted by atomic mass is 16.2. The van der Waals surface area contributed by atoms with Crippen molar-refractivity contribution in [3.8, 4) is 0 Å². The number of hydrogen-bond acceptors (Lipinski definition) is 1. The van der Waals surface area contributed by atoms with Crippen molar-refractivity contribution in [2.75, 3.05) is 18.0 Å². The number of aryl methyl sites for hydroxylation is 1. The highest BCUT2D eigenvalue weighted by Crippen LogP contribution is 2.36. The number of urea groups is 1. The first-order valence-electron chi connectivity index (χ1n) is 5.79. The second kappa shape index (κ2) is 4.16. The van der Waals surface area contributed by atoms with Gasteiger partial charge in [0.15, 0.2) is 0 Å². The van der Waals surface area contributed by atoms with E-state index in [2.05, 4.69) is 37.4 Å². The molecule has 1 aliphatic rings. The zero-order chi connectivity index (χ0) is 11.7. The van der Waals surface area contributed by atoms with Gasteiger partial charge < -0.3 is 5.32 Å². The number of fused-ring (bicyclic) bond motifs is 1. The van der Waals surface area contributed by atoms with Gasteiger partial charge in [-0.25, -0.2) is 4.79 Å². The molecule has 1 N–H and O–H groups in total. The van der Waals surface area contributed by atoms with Gasteiger partial charge in [0.25, 0.3) is 0 Å². The fourth-order valence-electron chi connectivity index (χ4n) is 2.21. The predicted octanol–water partition coefficient (Wildman–Crippen LogP) is 2.65. The summed E-state index contributed by atoms with van der Waals surface area (Å²) < 4.78 is 0. The van der Waals surface area contributed by atoms with Crippen molar-refractivity contribution in [1.82, 2.24) is 5.32 Å². The first-order valence-corrected chi connectivity index (χ1v) is 5.79. The Morgan fingerprint density at radius 3 is 3.00 bits per heavy atom. The Morgan fingerprint density at radius 1 is 1.56 bits per heavy atom. The molecule has 3 heteroatoms. The lowest BCUT2D eigenvalue weighted by molar-refractivity contribution is 0.247. The minimum absolute atomic E-state index is 0.0127. The molecular weight excluding hydrogens is 200 g/mol. The van der Waals surface area contributed by atoms with E-state index in [1.807, 2.05) is 11.8 Å².